The highest BCUT2D eigenvalue weighted by Crippen LogP contribution is 2.43. The van der Waals surface area contributed by atoms with Gasteiger partial charge in [-0.3, -0.25) is 0 Å². The summed E-state index contributed by atoms with van der Waals surface area (Å²) < 4.78 is 5.29. The molecule has 2 fully saturated rings. The molecule has 2 aromatic rings. The van der Waals surface area contributed by atoms with Gasteiger partial charge < -0.3 is 24.7 Å². The van der Waals surface area contributed by atoms with E-state index in [-0.39, 0.29) is 0 Å². The van der Waals surface area contributed by atoms with Crippen LogP contribution in [0.4, 0.5) is 0 Å². The van der Waals surface area contributed by atoms with Crippen molar-refractivity contribution in [2.45, 2.75) is 69.5 Å². The van der Waals surface area contributed by atoms with E-state index >= 15 is 0 Å². The zero-order chi connectivity index (χ0) is 27.1. The van der Waals surface area contributed by atoms with Crippen LogP contribution in [0.15, 0.2) is 48.5 Å². The molecule has 5 heteroatoms. The Kier molecular flexibility index (Phi) is 10.6. The topological polar surface area (TPSA) is 56.2 Å². The zero-order valence-electron chi connectivity index (χ0n) is 24.0. The fourth-order valence-electron chi connectivity index (χ4n) is 6.39. The highest BCUT2D eigenvalue weighted by molar-refractivity contribution is 5.33. The van der Waals surface area contributed by atoms with Crippen LogP contribution in [0.1, 0.15) is 68.1 Å². The first-order chi connectivity index (χ1) is 17.6. The first-order valence-electron chi connectivity index (χ1n) is 14.0. The lowest BCUT2D eigenvalue weighted by Gasteiger charge is -2.41. The van der Waals surface area contributed by atoms with E-state index in [0.717, 1.165) is 68.5 Å². The molecule has 0 heterocycles. The average Bonchev–Trinajstić information content (AvgIpc) is 2.87. The third-order valence-electron chi connectivity index (χ3n) is 8.33. The van der Waals surface area contributed by atoms with E-state index in [4.69, 9.17) is 4.74 Å². The summed E-state index contributed by atoms with van der Waals surface area (Å²) in [6.45, 7) is 3.98. The van der Waals surface area contributed by atoms with Gasteiger partial charge in [0.25, 0.3) is 0 Å². The van der Waals surface area contributed by atoms with Gasteiger partial charge in [-0.25, -0.2) is 0 Å². The van der Waals surface area contributed by atoms with Crippen molar-refractivity contribution in [3.8, 4) is 5.75 Å². The minimum atomic E-state index is -0.711. The summed E-state index contributed by atoms with van der Waals surface area (Å²) in [7, 11) is 9.99. The van der Waals surface area contributed by atoms with Gasteiger partial charge in [0, 0.05) is 24.9 Å². The molecule has 5 nitrogen and oxygen atoms in total. The number of benzene rings is 2. The Morgan fingerprint density at radius 2 is 1.24 bits per heavy atom. The third-order valence-corrected chi connectivity index (χ3v) is 8.33. The van der Waals surface area contributed by atoms with Gasteiger partial charge in [-0.2, -0.15) is 0 Å². The maximum absolute atomic E-state index is 11.2. The second-order valence-corrected chi connectivity index (χ2v) is 11.9. The lowest BCUT2D eigenvalue weighted by Crippen LogP contribution is -2.43. The van der Waals surface area contributed by atoms with Crippen molar-refractivity contribution in [3.63, 3.8) is 0 Å². The molecule has 0 radical (unpaired) electrons. The summed E-state index contributed by atoms with van der Waals surface area (Å²) in [5, 5.41) is 22.3. The van der Waals surface area contributed by atoms with E-state index in [1.54, 1.807) is 7.11 Å². The van der Waals surface area contributed by atoms with Crippen LogP contribution in [-0.2, 0) is 11.2 Å². The van der Waals surface area contributed by atoms with Crippen molar-refractivity contribution in [3.05, 3.63) is 65.2 Å². The largest absolute Gasteiger partial charge is 0.497 e. The normalized spacial score (nSPS) is 28.1. The monoisotopic (exact) mass is 510 g/mol. The van der Waals surface area contributed by atoms with E-state index in [1.165, 1.54) is 18.4 Å². The highest BCUT2D eigenvalue weighted by atomic mass is 16.5. The van der Waals surface area contributed by atoms with Gasteiger partial charge in [0.1, 0.15) is 5.75 Å². The maximum Gasteiger partial charge on any atom is 0.119 e. The molecule has 2 aromatic carbocycles. The van der Waals surface area contributed by atoms with Crippen molar-refractivity contribution >= 4 is 0 Å². The van der Waals surface area contributed by atoms with Crippen molar-refractivity contribution < 1.29 is 14.9 Å². The molecule has 2 N–H and O–H groups in total. The van der Waals surface area contributed by atoms with Crippen LogP contribution in [0.5, 0.6) is 5.75 Å². The highest BCUT2D eigenvalue weighted by Gasteiger charge is 2.41. The van der Waals surface area contributed by atoms with E-state index in [1.807, 2.05) is 24.3 Å². The summed E-state index contributed by atoms with van der Waals surface area (Å²) in [4.78, 5) is 4.36. The van der Waals surface area contributed by atoms with Crippen LogP contribution in [0, 0.1) is 18.8 Å². The molecular formula is C32H50N2O3. The molecule has 0 aliphatic heterocycles. The number of ether oxygens (including phenoxy) is 1. The van der Waals surface area contributed by atoms with Crippen LogP contribution in [-0.4, -0.2) is 68.4 Å². The number of aliphatic hydroxyl groups is 2. The van der Waals surface area contributed by atoms with Crippen molar-refractivity contribution in [2.24, 2.45) is 11.8 Å². The maximum atomic E-state index is 11.2. The van der Waals surface area contributed by atoms with Crippen LogP contribution in [0.2, 0.25) is 0 Å². The molecule has 0 bridgehead atoms. The molecule has 206 valence electrons. The predicted molar refractivity (Wildman–Crippen MR) is 153 cm³/mol. The van der Waals surface area contributed by atoms with Gasteiger partial charge in [0.15, 0.2) is 0 Å². The molecule has 2 aliphatic rings. The molecule has 4 unspecified atom stereocenters. The average molecular weight is 511 g/mol. The Bertz CT molecular complexity index is 978. The number of nitrogens with zero attached hydrogens (tertiary/aromatic N) is 2. The molecule has 2 aliphatic carbocycles. The second kappa shape index (κ2) is 13.2. The minimum absolute atomic E-state index is 0.295. The number of hydrogen-bond donors (Lipinski definition) is 2. The van der Waals surface area contributed by atoms with Gasteiger partial charge in [-0.15, -0.1) is 0 Å². The van der Waals surface area contributed by atoms with Gasteiger partial charge in [0.2, 0.25) is 0 Å². The van der Waals surface area contributed by atoms with Crippen molar-refractivity contribution in [2.75, 3.05) is 48.4 Å². The van der Waals surface area contributed by atoms with E-state index < -0.39 is 11.2 Å². The van der Waals surface area contributed by atoms with Crippen LogP contribution < -0.4 is 4.74 Å². The fourth-order valence-corrected chi connectivity index (χ4v) is 6.39. The van der Waals surface area contributed by atoms with Crippen molar-refractivity contribution in [1.29, 1.82) is 0 Å². The number of hydrogen-bond acceptors (Lipinski definition) is 5. The molecule has 4 rings (SSSR count). The number of rotatable bonds is 7. The summed E-state index contributed by atoms with van der Waals surface area (Å²) >= 11 is 0. The first kappa shape index (κ1) is 29.6. The quantitative estimate of drug-likeness (QED) is 0.510. The van der Waals surface area contributed by atoms with Gasteiger partial charge in [-0.1, -0.05) is 67.6 Å². The summed E-state index contributed by atoms with van der Waals surface area (Å²) in [6.07, 6.45) is 8.64. The third kappa shape index (κ3) is 7.57. The summed E-state index contributed by atoms with van der Waals surface area (Å²) in [6, 6.07) is 16.3. The van der Waals surface area contributed by atoms with Crippen LogP contribution in [0.3, 0.4) is 0 Å². The molecule has 2 saturated carbocycles. The Balaban J connectivity index is 0.000000206. The van der Waals surface area contributed by atoms with Gasteiger partial charge >= 0.3 is 0 Å². The molecular weight excluding hydrogens is 460 g/mol. The Morgan fingerprint density at radius 3 is 1.70 bits per heavy atom. The van der Waals surface area contributed by atoms with Crippen molar-refractivity contribution in [1.82, 2.24) is 9.80 Å². The van der Waals surface area contributed by atoms with Gasteiger partial charge in [-0.05, 0) is 84.1 Å². The second-order valence-electron chi connectivity index (χ2n) is 11.9. The summed E-state index contributed by atoms with van der Waals surface area (Å²) in [5.74, 6) is 1.46. The Hall–Kier alpha value is -1.92. The molecule has 37 heavy (non-hydrogen) atoms. The molecule has 4 atom stereocenters. The molecule has 0 saturated heterocycles. The number of methoxy groups -OCH3 is 1. The van der Waals surface area contributed by atoms with Crippen LogP contribution >= 0.6 is 0 Å². The molecule has 0 amide bonds. The zero-order valence-corrected chi connectivity index (χ0v) is 24.0. The summed E-state index contributed by atoms with van der Waals surface area (Å²) in [5.41, 5.74) is 1.99. The van der Waals surface area contributed by atoms with E-state index in [2.05, 4.69) is 69.2 Å². The predicted octanol–water partition coefficient (Wildman–Crippen LogP) is 5.57. The van der Waals surface area contributed by atoms with Crippen LogP contribution in [0.25, 0.3) is 0 Å². The first-order valence-corrected chi connectivity index (χ1v) is 14.0. The smallest absolute Gasteiger partial charge is 0.119 e. The van der Waals surface area contributed by atoms with E-state index in [9.17, 15) is 10.2 Å². The Morgan fingerprint density at radius 1 is 0.757 bits per heavy atom. The number of aryl methyl sites for hydroxylation is 1. The minimum Gasteiger partial charge on any atom is -0.497 e. The standard InChI is InChI=1S/C16H25NO2.C16H25NO/c1-17(2)12-14-7-4-5-10-16(14,18)13-8-6-9-15(11-13)19-3;1-13-7-6-9-14(11-13)16(18)10-5-4-8-15(16)12-17(2)3/h6,8-9,11,14,18H,4-5,7,10,12H2,1-3H3;6-7,9,11,15,18H,4-5,8,10,12H2,1-3H3. The fraction of sp³-hybridized carbons (Fsp3) is 0.625. The lowest BCUT2D eigenvalue weighted by atomic mass is 9.71. The Labute approximate surface area is 225 Å². The van der Waals surface area contributed by atoms with E-state index in [0.29, 0.717) is 11.8 Å². The molecule has 0 aromatic heterocycles. The lowest BCUT2D eigenvalue weighted by molar-refractivity contribution is -0.0621. The van der Waals surface area contributed by atoms with Gasteiger partial charge in [0.05, 0.1) is 18.3 Å². The SMILES string of the molecule is COc1cccc(C2(O)CCCCC2CN(C)C)c1.Cc1cccc(C2(O)CCCCC2CN(C)C)c1. The molecule has 0 spiro atoms.